The van der Waals surface area contributed by atoms with Crippen molar-refractivity contribution >= 4 is 11.8 Å². The lowest BCUT2D eigenvalue weighted by Crippen LogP contribution is -2.44. The van der Waals surface area contributed by atoms with Gasteiger partial charge in [-0.3, -0.25) is 14.3 Å². The number of methoxy groups -OCH3 is 1. The summed E-state index contributed by atoms with van der Waals surface area (Å²) in [6, 6.07) is 0. The molecule has 0 unspecified atom stereocenters. The van der Waals surface area contributed by atoms with E-state index < -0.39 is 0 Å². The molecule has 3 heterocycles. The number of hydrogen-bond acceptors (Lipinski definition) is 4. The summed E-state index contributed by atoms with van der Waals surface area (Å²) < 4.78 is 6.85. The van der Waals surface area contributed by atoms with E-state index in [9.17, 15) is 9.59 Å². The number of likely N-dealkylation sites (tertiary alicyclic amines) is 2. The minimum atomic E-state index is 0.0737. The number of aryl methyl sites for hydroxylation is 2. The molecule has 0 radical (unpaired) electrons. The average Bonchev–Trinajstić information content (AvgIpc) is 3.17. The van der Waals surface area contributed by atoms with Crippen molar-refractivity contribution in [2.45, 2.75) is 38.5 Å². The van der Waals surface area contributed by atoms with Gasteiger partial charge in [0.2, 0.25) is 11.8 Å². The monoisotopic (exact) mass is 362 g/mol. The number of amides is 2. The number of carbonyl (C=O) groups excluding carboxylic acids is 2. The van der Waals surface area contributed by atoms with Crippen molar-refractivity contribution in [3.63, 3.8) is 0 Å². The number of aromatic nitrogens is 2. The molecule has 0 bridgehead atoms. The van der Waals surface area contributed by atoms with Gasteiger partial charge in [-0.2, -0.15) is 5.10 Å². The van der Waals surface area contributed by atoms with Crippen molar-refractivity contribution in [1.82, 2.24) is 19.6 Å². The zero-order chi connectivity index (χ0) is 18.6. The van der Waals surface area contributed by atoms with Gasteiger partial charge in [0.1, 0.15) is 0 Å². The van der Waals surface area contributed by atoms with Crippen LogP contribution < -0.4 is 0 Å². The molecule has 7 heteroatoms. The molecular formula is C19H30N4O3. The predicted molar refractivity (Wildman–Crippen MR) is 97.5 cm³/mol. The summed E-state index contributed by atoms with van der Waals surface area (Å²) in [4.78, 5) is 28.8. The molecule has 1 aromatic rings. The molecule has 0 aliphatic carbocycles. The van der Waals surface area contributed by atoms with Gasteiger partial charge in [-0.05, 0) is 31.2 Å². The molecule has 0 aromatic carbocycles. The summed E-state index contributed by atoms with van der Waals surface area (Å²) in [5, 5.41) is 4.14. The summed E-state index contributed by atoms with van der Waals surface area (Å²) in [7, 11) is 3.57. The number of ether oxygens (including phenoxy) is 1. The highest BCUT2D eigenvalue weighted by molar-refractivity contribution is 5.80. The van der Waals surface area contributed by atoms with E-state index in [4.69, 9.17) is 4.74 Å². The first-order chi connectivity index (χ1) is 12.5. The summed E-state index contributed by atoms with van der Waals surface area (Å²) in [6.45, 7) is 3.85. The Hall–Kier alpha value is -1.89. The van der Waals surface area contributed by atoms with Crippen LogP contribution in [0, 0.1) is 5.41 Å². The standard InChI is InChI=1S/C19H30N4O3/c1-21-14-16(13-20-21)4-5-17(24)22-9-6-19(7-10-22)12-18(25)23(15-19)8-3-11-26-2/h13-14H,3-12,15H2,1-2H3. The molecule has 1 aromatic heterocycles. The maximum absolute atomic E-state index is 12.5. The SMILES string of the molecule is COCCCN1CC2(CCN(C(=O)CCc3cnn(C)c3)CC2)CC1=O. The Labute approximate surface area is 155 Å². The molecule has 2 fully saturated rings. The molecule has 0 atom stereocenters. The van der Waals surface area contributed by atoms with Gasteiger partial charge in [-0.25, -0.2) is 0 Å². The van der Waals surface area contributed by atoms with E-state index in [1.165, 1.54) is 0 Å². The molecule has 2 saturated heterocycles. The number of rotatable bonds is 7. The Kier molecular flexibility index (Phi) is 5.96. The van der Waals surface area contributed by atoms with E-state index in [1.807, 2.05) is 29.2 Å². The fraction of sp³-hybridized carbons (Fsp3) is 0.737. The Balaban J connectivity index is 1.44. The minimum absolute atomic E-state index is 0.0737. The Bertz CT molecular complexity index is 634. The normalized spacial score (nSPS) is 19.5. The van der Waals surface area contributed by atoms with Crippen LogP contribution in [-0.4, -0.2) is 71.3 Å². The molecule has 1 spiro atoms. The molecular weight excluding hydrogens is 332 g/mol. The highest BCUT2D eigenvalue weighted by Gasteiger charge is 2.45. The topological polar surface area (TPSA) is 67.7 Å². The lowest BCUT2D eigenvalue weighted by Gasteiger charge is -2.39. The van der Waals surface area contributed by atoms with E-state index in [2.05, 4.69) is 5.10 Å². The van der Waals surface area contributed by atoms with Gasteiger partial charge < -0.3 is 14.5 Å². The van der Waals surface area contributed by atoms with E-state index >= 15 is 0 Å². The molecule has 144 valence electrons. The van der Waals surface area contributed by atoms with Gasteiger partial charge >= 0.3 is 0 Å². The third kappa shape index (κ3) is 4.44. The quantitative estimate of drug-likeness (QED) is 0.684. The Morgan fingerprint density at radius 3 is 2.77 bits per heavy atom. The second-order valence-electron chi connectivity index (χ2n) is 7.74. The second-order valence-corrected chi connectivity index (χ2v) is 7.74. The molecule has 2 amide bonds. The van der Waals surface area contributed by atoms with Crippen molar-refractivity contribution in [2.24, 2.45) is 12.5 Å². The van der Waals surface area contributed by atoms with Crippen LogP contribution in [0.15, 0.2) is 12.4 Å². The summed E-state index contributed by atoms with van der Waals surface area (Å²) in [5.74, 6) is 0.474. The van der Waals surface area contributed by atoms with Crippen LogP contribution >= 0.6 is 0 Å². The first kappa shape index (κ1) is 18.9. The Morgan fingerprint density at radius 1 is 1.35 bits per heavy atom. The fourth-order valence-corrected chi connectivity index (χ4v) is 4.16. The van der Waals surface area contributed by atoms with Crippen molar-refractivity contribution in [1.29, 1.82) is 0 Å². The van der Waals surface area contributed by atoms with Crippen molar-refractivity contribution in [2.75, 3.05) is 39.9 Å². The number of nitrogens with zero attached hydrogens (tertiary/aromatic N) is 4. The average molecular weight is 362 g/mol. The van der Waals surface area contributed by atoms with Crippen LogP contribution in [0.2, 0.25) is 0 Å². The minimum Gasteiger partial charge on any atom is -0.385 e. The van der Waals surface area contributed by atoms with Crippen LogP contribution in [0.5, 0.6) is 0 Å². The number of piperidine rings is 1. The van der Waals surface area contributed by atoms with E-state index in [-0.39, 0.29) is 17.2 Å². The van der Waals surface area contributed by atoms with E-state index in [0.29, 0.717) is 19.4 Å². The largest absolute Gasteiger partial charge is 0.385 e. The number of carbonyl (C=O) groups is 2. The molecule has 2 aliphatic heterocycles. The molecule has 7 nitrogen and oxygen atoms in total. The van der Waals surface area contributed by atoms with Gasteiger partial charge in [0.05, 0.1) is 6.20 Å². The number of hydrogen-bond donors (Lipinski definition) is 0. The maximum atomic E-state index is 12.5. The third-order valence-corrected chi connectivity index (χ3v) is 5.74. The zero-order valence-electron chi connectivity index (χ0n) is 15.9. The van der Waals surface area contributed by atoms with Crippen LogP contribution in [0.3, 0.4) is 0 Å². The van der Waals surface area contributed by atoms with Gasteiger partial charge in [0, 0.05) is 71.4 Å². The van der Waals surface area contributed by atoms with E-state index in [1.54, 1.807) is 11.8 Å². The first-order valence-corrected chi connectivity index (χ1v) is 9.53. The van der Waals surface area contributed by atoms with Gasteiger partial charge in [-0.1, -0.05) is 0 Å². The van der Waals surface area contributed by atoms with Crippen molar-refractivity contribution < 1.29 is 14.3 Å². The maximum Gasteiger partial charge on any atom is 0.223 e. The molecule has 2 aliphatic rings. The first-order valence-electron chi connectivity index (χ1n) is 9.53. The smallest absolute Gasteiger partial charge is 0.223 e. The molecule has 0 N–H and O–H groups in total. The summed E-state index contributed by atoms with van der Waals surface area (Å²) in [6.07, 6.45) is 8.42. The third-order valence-electron chi connectivity index (χ3n) is 5.74. The lowest BCUT2D eigenvalue weighted by molar-refractivity contribution is -0.133. The van der Waals surface area contributed by atoms with Crippen LogP contribution in [0.25, 0.3) is 0 Å². The summed E-state index contributed by atoms with van der Waals surface area (Å²) in [5.41, 5.74) is 1.17. The van der Waals surface area contributed by atoms with Gasteiger partial charge in [0.15, 0.2) is 0 Å². The Morgan fingerprint density at radius 2 is 2.12 bits per heavy atom. The molecule has 0 saturated carbocycles. The molecule has 3 rings (SSSR count). The van der Waals surface area contributed by atoms with E-state index in [0.717, 1.165) is 57.4 Å². The zero-order valence-corrected chi connectivity index (χ0v) is 15.9. The highest BCUT2D eigenvalue weighted by Crippen LogP contribution is 2.41. The second kappa shape index (κ2) is 8.20. The molecule has 26 heavy (non-hydrogen) atoms. The van der Waals surface area contributed by atoms with Crippen LogP contribution in [-0.2, 0) is 27.8 Å². The van der Waals surface area contributed by atoms with Crippen LogP contribution in [0.1, 0.15) is 37.7 Å². The van der Waals surface area contributed by atoms with Crippen LogP contribution in [0.4, 0.5) is 0 Å². The lowest BCUT2D eigenvalue weighted by atomic mass is 9.77. The van der Waals surface area contributed by atoms with Crippen molar-refractivity contribution in [3.05, 3.63) is 18.0 Å². The fourth-order valence-electron chi connectivity index (χ4n) is 4.16. The summed E-state index contributed by atoms with van der Waals surface area (Å²) >= 11 is 0. The predicted octanol–water partition coefficient (Wildman–Crippen LogP) is 1.23. The van der Waals surface area contributed by atoms with Gasteiger partial charge in [0.25, 0.3) is 0 Å². The highest BCUT2D eigenvalue weighted by atomic mass is 16.5. The van der Waals surface area contributed by atoms with Crippen molar-refractivity contribution in [3.8, 4) is 0 Å². The van der Waals surface area contributed by atoms with Gasteiger partial charge in [-0.15, -0.1) is 0 Å².